The first-order valence-electron chi connectivity index (χ1n) is 12.3. The lowest BCUT2D eigenvalue weighted by Gasteiger charge is -2.16. The van der Waals surface area contributed by atoms with Gasteiger partial charge >= 0.3 is 0 Å². The number of aromatic nitrogens is 6. The average molecular weight is 522 g/mol. The minimum absolute atomic E-state index is 0.0810. The SMILES string of the molecule is Cc1ccccc1-n1c(Cn2nc(-c3ccc(CO)c(F)c3)c3c(N)ncnc32)nc2cccc(C)c2c1=O. The zero-order valence-corrected chi connectivity index (χ0v) is 21.3. The van der Waals surface area contributed by atoms with E-state index in [1.165, 1.54) is 18.5 Å². The number of fused-ring (bicyclic) bond motifs is 2. The quantitative estimate of drug-likeness (QED) is 0.350. The molecule has 0 saturated heterocycles. The van der Waals surface area contributed by atoms with Crippen molar-refractivity contribution in [2.24, 2.45) is 0 Å². The number of aliphatic hydroxyl groups excluding tert-OH is 1. The number of para-hydroxylation sites is 1. The van der Waals surface area contributed by atoms with Crippen LogP contribution in [-0.4, -0.2) is 34.4 Å². The maximum Gasteiger partial charge on any atom is 0.266 e. The van der Waals surface area contributed by atoms with E-state index in [4.69, 9.17) is 15.8 Å². The summed E-state index contributed by atoms with van der Waals surface area (Å²) >= 11 is 0. The summed E-state index contributed by atoms with van der Waals surface area (Å²) in [5.41, 5.74) is 10.5. The Morgan fingerprint density at radius 3 is 2.54 bits per heavy atom. The van der Waals surface area contributed by atoms with Gasteiger partial charge in [0.05, 0.1) is 28.6 Å². The lowest BCUT2D eigenvalue weighted by molar-refractivity contribution is 0.276. The monoisotopic (exact) mass is 521 g/mol. The van der Waals surface area contributed by atoms with Gasteiger partial charge in [0.1, 0.15) is 36.0 Å². The van der Waals surface area contributed by atoms with E-state index in [9.17, 15) is 14.3 Å². The molecule has 0 spiro atoms. The van der Waals surface area contributed by atoms with E-state index in [-0.39, 0.29) is 23.5 Å². The molecule has 6 rings (SSSR count). The first kappa shape index (κ1) is 24.4. The third-order valence-electron chi connectivity index (χ3n) is 6.88. The minimum atomic E-state index is -0.562. The summed E-state index contributed by atoms with van der Waals surface area (Å²) in [7, 11) is 0. The standard InChI is InChI=1S/C29H24FN7O2/c1-16-6-3-4-9-22(16)37-23(34-21-8-5-7-17(2)24(21)29(37)39)13-36-28-25(27(31)32-15-33-28)26(35-36)18-10-11-19(14-38)20(30)12-18/h3-12,15,38H,13-14H2,1-2H3,(H2,31,32,33). The summed E-state index contributed by atoms with van der Waals surface area (Å²) in [6.45, 7) is 3.49. The number of nitrogens with zero attached hydrogens (tertiary/aromatic N) is 6. The number of nitrogen functional groups attached to an aromatic ring is 1. The van der Waals surface area contributed by atoms with Crippen LogP contribution in [0.4, 0.5) is 10.2 Å². The number of halogens is 1. The van der Waals surface area contributed by atoms with E-state index in [1.807, 2.05) is 56.3 Å². The summed E-state index contributed by atoms with van der Waals surface area (Å²) in [4.78, 5) is 27.4. The van der Waals surface area contributed by atoms with E-state index in [1.54, 1.807) is 15.3 Å². The number of aryl methyl sites for hydroxylation is 2. The Kier molecular flexibility index (Phi) is 5.88. The van der Waals surface area contributed by atoms with Crippen molar-refractivity contribution in [1.29, 1.82) is 0 Å². The zero-order chi connectivity index (χ0) is 27.3. The van der Waals surface area contributed by atoms with Crippen molar-refractivity contribution in [1.82, 2.24) is 29.3 Å². The Bertz CT molecular complexity index is 1960. The van der Waals surface area contributed by atoms with E-state index in [0.29, 0.717) is 44.7 Å². The summed E-state index contributed by atoms with van der Waals surface area (Å²) in [6.07, 6.45) is 1.33. The maximum absolute atomic E-state index is 14.6. The Morgan fingerprint density at radius 2 is 1.77 bits per heavy atom. The van der Waals surface area contributed by atoms with Gasteiger partial charge in [0.2, 0.25) is 0 Å². The van der Waals surface area contributed by atoms with Crippen LogP contribution >= 0.6 is 0 Å². The average Bonchev–Trinajstić information content (AvgIpc) is 3.29. The van der Waals surface area contributed by atoms with Crippen LogP contribution in [0, 0.1) is 19.7 Å². The van der Waals surface area contributed by atoms with Crippen LogP contribution in [-0.2, 0) is 13.2 Å². The molecule has 0 amide bonds. The van der Waals surface area contributed by atoms with Crippen molar-refractivity contribution in [2.45, 2.75) is 27.0 Å². The number of rotatable bonds is 5. The normalized spacial score (nSPS) is 11.5. The lowest BCUT2D eigenvalue weighted by Crippen LogP contribution is -2.26. The second kappa shape index (κ2) is 9.41. The minimum Gasteiger partial charge on any atom is -0.392 e. The molecule has 3 aromatic carbocycles. The fourth-order valence-corrected chi connectivity index (χ4v) is 4.91. The Labute approximate surface area is 222 Å². The topological polar surface area (TPSA) is 125 Å². The number of benzene rings is 3. The fraction of sp³-hybridized carbons (Fsp3) is 0.138. The molecule has 0 aliphatic rings. The molecule has 0 aliphatic heterocycles. The van der Waals surface area contributed by atoms with Crippen molar-refractivity contribution in [3.63, 3.8) is 0 Å². The summed E-state index contributed by atoms with van der Waals surface area (Å²) in [6, 6.07) is 17.6. The van der Waals surface area contributed by atoms with Gasteiger partial charge < -0.3 is 10.8 Å². The van der Waals surface area contributed by atoms with Crippen LogP contribution in [0.15, 0.2) is 71.8 Å². The number of hydrogen-bond acceptors (Lipinski definition) is 7. The van der Waals surface area contributed by atoms with E-state index in [2.05, 4.69) is 9.97 Å². The van der Waals surface area contributed by atoms with Gasteiger partial charge in [-0.3, -0.25) is 9.36 Å². The van der Waals surface area contributed by atoms with Gasteiger partial charge in [-0.2, -0.15) is 5.10 Å². The van der Waals surface area contributed by atoms with Crippen molar-refractivity contribution in [3.8, 4) is 16.9 Å². The fourth-order valence-electron chi connectivity index (χ4n) is 4.91. The van der Waals surface area contributed by atoms with Crippen LogP contribution in [0.1, 0.15) is 22.5 Å². The number of aliphatic hydroxyl groups is 1. The summed E-state index contributed by atoms with van der Waals surface area (Å²) < 4.78 is 17.8. The Balaban J connectivity index is 1.60. The molecule has 3 heterocycles. The predicted octanol–water partition coefficient (Wildman–Crippen LogP) is 4.07. The number of anilines is 1. The summed E-state index contributed by atoms with van der Waals surface area (Å²) in [5, 5.41) is 15.1. The van der Waals surface area contributed by atoms with E-state index < -0.39 is 12.4 Å². The van der Waals surface area contributed by atoms with Gasteiger partial charge in [0.25, 0.3) is 5.56 Å². The van der Waals surface area contributed by atoms with E-state index in [0.717, 1.165) is 11.1 Å². The molecule has 0 unspecified atom stereocenters. The highest BCUT2D eigenvalue weighted by Crippen LogP contribution is 2.31. The molecule has 0 bridgehead atoms. The van der Waals surface area contributed by atoms with Crippen LogP contribution < -0.4 is 11.3 Å². The van der Waals surface area contributed by atoms with Gasteiger partial charge in [-0.25, -0.2) is 24.0 Å². The molecule has 10 heteroatoms. The molecule has 9 nitrogen and oxygen atoms in total. The van der Waals surface area contributed by atoms with E-state index >= 15 is 0 Å². The molecule has 3 aromatic heterocycles. The van der Waals surface area contributed by atoms with Crippen molar-refractivity contribution >= 4 is 27.8 Å². The molecule has 0 radical (unpaired) electrons. The molecule has 0 atom stereocenters. The molecular formula is C29H24FN7O2. The predicted molar refractivity (Wildman–Crippen MR) is 147 cm³/mol. The third kappa shape index (κ3) is 4.02. The van der Waals surface area contributed by atoms with Crippen LogP contribution in [0.25, 0.3) is 38.9 Å². The van der Waals surface area contributed by atoms with Gasteiger partial charge in [-0.05, 0) is 43.2 Å². The van der Waals surface area contributed by atoms with Crippen LogP contribution in [0.5, 0.6) is 0 Å². The maximum atomic E-state index is 14.6. The Morgan fingerprint density at radius 1 is 0.974 bits per heavy atom. The Hall–Kier alpha value is -4.96. The number of hydrogen-bond donors (Lipinski definition) is 2. The lowest BCUT2D eigenvalue weighted by atomic mass is 10.1. The zero-order valence-electron chi connectivity index (χ0n) is 21.3. The van der Waals surface area contributed by atoms with Crippen molar-refractivity contribution in [3.05, 3.63) is 106 Å². The third-order valence-corrected chi connectivity index (χ3v) is 6.88. The summed E-state index contributed by atoms with van der Waals surface area (Å²) in [5.74, 6) is 0.0710. The highest BCUT2D eigenvalue weighted by Gasteiger charge is 2.21. The molecular weight excluding hydrogens is 497 g/mol. The van der Waals surface area contributed by atoms with Crippen molar-refractivity contribution < 1.29 is 9.50 Å². The molecule has 194 valence electrons. The number of nitrogens with two attached hydrogens (primary N) is 1. The second-order valence-corrected chi connectivity index (χ2v) is 9.35. The second-order valence-electron chi connectivity index (χ2n) is 9.35. The molecule has 3 N–H and O–H groups in total. The molecule has 0 aliphatic carbocycles. The first-order valence-corrected chi connectivity index (χ1v) is 12.3. The van der Waals surface area contributed by atoms with Gasteiger partial charge in [-0.1, -0.05) is 42.5 Å². The molecule has 39 heavy (non-hydrogen) atoms. The van der Waals surface area contributed by atoms with Gasteiger partial charge in [0.15, 0.2) is 5.65 Å². The smallest absolute Gasteiger partial charge is 0.266 e. The van der Waals surface area contributed by atoms with Crippen LogP contribution in [0.3, 0.4) is 0 Å². The van der Waals surface area contributed by atoms with Crippen LogP contribution in [0.2, 0.25) is 0 Å². The van der Waals surface area contributed by atoms with Gasteiger partial charge in [0, 0.05) is 11.1 Å². The molecule has 0 fully saturated rings. The molecule has 0 saturated carbocycles. The highest BCUT2D eigenvalue weighted by molar-refractivity contribution is 5.98. The largest absolute Gasteiger partial charge is 0.392 e. The first-order chi connectivity index (χ1) is 18.9. The highest BCUT2D eigenvalue weighted by atomic mass is 19.1. The molecule has 6 aromatic rings. The van der Waals surface area contributed by atoms with Crippen molar-refractivity contribution in [2.75, 3.05) is 5.73 Å². The van der Waals surface area contributed by atoms with Gasteiger partial charge in [-0.15, -0.1) is 0 Å².